The fourth-order valence-electron chi connectivity index (χ4n) is 1.97. The zero-order valence-corrected chi connectivity index (χ0v) is 11.6. The molecule has 0 radical (unpaired) electrons. The molecule has 0 saturated carbocycles. The van der Waals surface area contributed by atoms with Gasteiger partial charge in [0.1, 0.15) is 12.6 Å². The summed E-state index contributed by atoms with van der Waals surface area (Å²) >= 11 is 0. The second kappa shape index (κ2) is 5.66. The van der Waals surface area contributed by atoms with Crippen molar-refractivity contribution < 1.29 is 22.7 Å². The number of nitrogens with zero attached hydrogens (tertiary/aromatic N) is 2. The Labute approximate surface area is 107 Å². The maximum absolute atomic E-state index is 12.1. The second-order valence-electron chi connectivity index (χ2n) is 4.30. The van der Waals surface area contributed by atoms with Crippen LogP contribution in [0.3, 0.4) is 0 Å². The number of rotatable bonds is 4. The smallest absolute Gasteiger partial charge is 0.325 e. The Morgan fingerprint density at radius 3 is 2.56 bits per heavy atom. The van der Waals surface area contributed by atoms with Crippen LogP contribution in [-0.4, -0.2) is 69.0 Å². The molecule has 0 aliphatic carbocycles. The quantitative estimate of drug-likeness (QED) is 0.619. The highest BCUT2D eigenvalue weighted by molar-refractivity contribution is 7.88. The molecular formula is C10H18N2O5S. The molecule has 1 fully saturated rings. The van der Waals surface area contributed by atoms with Gasteiger partial charge < -0.3 is 9.64 Å². The second-order valence-corrected chi connectivity index (χ2v) is 6.24. The van der Waals surface area contributed by atoms with Crippen molar-refractivity contribution in [3.8, 4) is 0 Å². The van der Waals surface area contributed by atoms with E-state index >= 15 is 0 Å². The van der Waals surface area contributed by atoms with Crippen molar-refractivity contribution in [2.45, 2.75) is 18.9 Å². The fraction of sp³-hybridized carbons (Fsp3) is 0.800. The predicted octanol–water partition coefficient (Wildman–Crippen LogP) is -0.958. The minimum Gasteiger partial charge on any atom is -0.468 e. The molecule has 0 aromatic rings. The van der Waals surface area contributed by atoms with Crippen LogP contribution in [0.4, 0.5) is 0 Å². The van der Waals surface area contributed by atoms with Crippen LogP contribution in [0, 0.1) is 0 Å². The molecule has 0 aromatic carbocycles. The third-order valence-corrected chi connectivity index (χ3v) is 4.17. The molecule has 1 heterocycles. The van der Waals surface area contributed by atoms with E-state index in [1.807, 2.05) is 0 Å². The van der Waals surface area contributed by atoms with Crippen LogP contribution in [0.2, 0.25) is 0 Å². The molecular weight excluding hydrogens is 260 g/mol. The zero-order chi connectivity index (χ0) is 13.9. The van der Waals surface area contributed by atoms with Gasteiger partial charge in [-0.25, -0.2) is 8.42 Å². The number of sulfonamides is 1. The van der Waals surface area contributed by atoms with Crippen LogP contribution in [-0.2, 0) is 24.3 Å². The lowest BCUT2D eigenvalue weighted by molar-refractivity contribution is -0.147. The highest BCUT2D eigenvalue weighted by atomic mass is 32.2. The van der Waals surface area contributed by atoms with E-state index in [4.69, 9.17) is 0 Å². The molecule has 1 saturated heterocycles. The van der Waals surface area contributed by atoms with E-state index in [1.54, 1.807) is 0 Å². The highest BCUT2D eigenvalue weighted by Gasteiger charge is 2.38. The van der Waals surface area contributed by atoms with Crippen LogP contribution in [0.15, 0.2) is 0 Å². The van der Waals surface area contributed by atoms with Crippen LogP contribution in [0.1, 0.15) is 12.8 Å². The molecule has 1 unspecified atom stereocenters. The van der Waals surface area contributed by atoms with E-state index < -0.39 is 22.0 Å². The molecule has 8 heteroatoms. The average Bonchev–Trinajstić information content (AvgIpc) is 2.76. The molecule has 1 aliphatic heterocycles. The number of methoxy groups -OCH3 is 1. The minimum atomic E-state index is -3.39. The molecule has 7 nitrogen and oxygen atoms in total. The lowest BCUT2D eigenvalue weighted by Gasteiger charge is -2.25. The summed E-state index contributed by atoms with van der Waals surface area (Å²) in [6, 6.07) is -0.699. The molecule has 0 N–H and O–H groups in total. The first-order valence-electron chi connectivity index (χ1n) is 5.56. The summed E-state index contributed by atoms with van der Waals surface area (Å²) in [5.74, 6) is -0.905. The summed E-state index contributed by atoms with van der Waals surface area (Å²) in [5.41, 5.74) is 0. The van der Waals surface area contributed by atoms with Crippen molar-refractivity contribution in [1.29, 1.82) is 0 Å². The zero-order valence-electron chi connectivity index (χ0n) is 10.7. The van der Waals surface area contributed by atoms with Gasteiger partial charge in [0.15, 0.2) is 0 Å². The van der Waals surface area contributed by atoms with Gasteiger partial charge in [0.25, 0.3) is 0 Å². The normalized spacial score (nSPS) is 20.7. The number of likely N-dealkylation sites (N-methyl/N-ethyl adjacent to an activating group) is 1. The summed E-state index contributed by atoms with van der Waals surface area (Å²) in [4.78, 5) is 24.3. The molecule has 104 valence electrons. The monoisotopic (exact) mass is 278 g/mol. The van der Waals surface area contributed by atoms with E-state index in [0.717, 1.165) is 6.26 Å². The lowest BCUT2D eigenvalue weighted by Crippen LogP contribution is -2.47. The van der Waals surface area contributed by atoms with Crippen molar-refractivity contribution >= 4 is 21.9 Å². The first-order chi connectivity index (χ1) is 8.27. The van der Waals surface area contributed by atoms with Crippen LogP contribution in [0.25, 0.3) is 0 Å². The Kier molecular flexibility index (Phi) is 4.69. The average molecular weight is 278 g/mol. The number of amides is 1. The third kappa shape index (κ3) is 3.42. The largest absolute Gasteiger partial charge is 0.468 e. The number of carbonyl (C=O) groups is 2. The van der Waals surface area contributed by atoms with Gasteiger partial charge in [0.2, 0.25) is 15.9 Å². The lowest BCUT2D eigenvalue weighted by atomic mass is 10.2. The number of hydrogen-bond acceptors (Lipinski definition) is 5. The van der Waals surface area contributed by atoms with Crippen molar-refractivity contribution in [3.05, 3.63) is 0 Å². The van der Waals surface area contributed by atoms with Gasteiger partial charge in [0, 0.05) is 13.6 Å². The summed E-state index contributed by atoms with van der Waals surface area (Å²) < 4.78 is 28.7. The van der Waals surface area contributed by atoms with Gasteiger partial charge >= 0.3 is 5.97 Å². The number of hydrogen-bond donors (Lipinski definition) is 0. The van der Waals surface area contributed by atoms with Crippen LogP contribution < -0.4 is 0 Å². The predicted molar refractivity (Wildman–Crippen MR) is 64.2 cm³/mol. The van der Waals surface area contributed by atoms with Gasteiger partial charge in [-0.15, -0.1) is 0 Å². The van der Waals surface area contributed by atoms with Gasteiger partial charge in [-0.2, -0.15) is 4.31 Å². The Balaban J connectivity index is 2.74. The van der Waals surface area contributed by atoms with Crippen molar-refractivity contribution in [2.75, 3.05) is 33.5 Å². The van der Waals surface area contributed by atoms with E-state index in [1.165, 1.54) is 23.4 Å². The van der Waals surface area contributed by atoms with Crippen molar-refractivity contribution in [3.63, 3.8) is 0 Å². The molecule has 0 bridgehead atoms. The van der Waals surface area contributed by atoms with Gasteiger partial charge in [-0.3, -0.25) is 9.59 Å². The maximum atomic E-state index is 12.1. The Bertz CT molecular complexity index is 434. The van der Waals surface area contributed by atoms with Crippen LogP contribution >= 0.6 is 0 Å². The topological polar surface area (TPSA) is 84.0 Å². The number of ether oxygens (including phenoxy) is 1. The van der Waals surface area contributed by atoms with E-state index in [9.17, 15) is 18.0 Å². The fourth-order valence-corrected chi connectivity index (χ4v) is 3.09. The molecule has 1 amide bonds. The third-order valence-electron chi connectivity index (χ3n) is 2.88. The van der Waals surface area contributed by atoms with E-state index in [-0.39, 0.29) is 12.5 Å². The first-order valence-corrected chi connectivity index (χ1v) is 7.41. The summed E-state index contributed by atoms with van der Waals surface area (Å²) in [5, 5.41) is 0. The van der Waals surface area contributed by atoms with Gasteiger partial charge in [-0.1, -0.05) is 0 Å². The van der Waals surface area contributed by atoms with Crippen molar-refractivity contribution in [1.82, 2.24) is 9.21 Å². The summed E-state index contributed by atoms with van der Waals surface area (Å²) in [6.45, 7) is 0.171. The first kappa shape index (κ1) is 14.9. The highest BCUT2D eigenvalue weighted by Crippen LogP contribution is 2.21. The molecule has 1 aliphatic rings. The maximum Gasteiger partial charge on any atom is 0.325 e. The van der Waals surface area contributed by atoms with E-state index in [2.05, 4.69) is 4.74 Å². The Morgan fingerprint density at radius 2 is 2.06 bits per heavy atom. The Hall–Kier alpha value is -1.15. The molecule has 1 rings (SSSR count). The van der Waals surface area contributed by atoms with Crippen molar-refractivity contribution in [2.24, 2.45) is 0 Å². The molecule has 1 atom stereocenters. The summed E-state index contributed by atoms with van der Waals surface area (Å²) in [7, 11) is -0.703. The van der Waals surface area contributed by atoms with Crippen LogP contribution in [0.5, 0.6) is 0 Å². The summed E-state index contributed by atoms with van der Waals surface area (Å²) in [6.07, 6.45) is 2.21. The molecule has 18 heavy (non-hydrogen) atoms. The van der Waals surface area contributed by atoms with Gasteiger partial charge in [-0.05, 0) is 12.8 Å². The minimum absolute atomic E-state index is 0.177. The SMILES string of the molecule is COC(=O)CN(C)C(=O)C1CCCN1S(C)(=O)=O. The molecule has 0 aromatic heterocycles. The van der Waals surface area contributed by atoms with Gasteiger partial charge in [0.05, 0.1) is 13.4 Å². The standard InChI is InChI=1S/C10H18N2O5S/c1-11(7-9(13)17-2)10(14)8-5-4-6-12(8)18(3,15)16/h8H,4-7H2,1-3H3. The number of esters is 1. The molecule has 0 spiro atoms. The van der Waals surface area contributed by atoms with E-state index in [0.29, 0.717) is 19.4 Å². The number of carbonyl (C=O) groups excluding carboxylic acids is 2. The Morgan fingerprint density at radius 1 is 1.44 bits per heavy atom.